The van der Waals surface area contributed by atoms with E-state index in [1.165, 1.54) is 22.1 Å². The lowest BCUT2D eigenvalue weighted by Crippen LogP contribution is -2.20. The van der Waals surface area contributed by atoms with Crippen LogP contribution in [0.3, 0.4) is 0 Å². The van der Waals surface area contributed by atoms with Crippen molar-refractivity contribution in [1.82, 2.24) is 24.1 Å². The predicted molar refractivity (Wildman–Crippen MR) is 115 cm³/mol. The Morgan fingerprint density at radius 1 is 1.20 bits per heavy atom. The minimum atomic E-state index is -3.17. The fourth-order valence-corrected chi connectivity index (χ4v) is 4.60. The average molecular weight is 424 g/mol. The highest BCUT2D eigenvalue weighted by molar-refractivity contribution is 7.89. The van der Waals surface area contributed by atoms with Crippen molar-refractivity contribution in [3.05, 3.63) is 60.3 Å². The van der Waals surface area contributed by atoms with Crippen molar-refractivity contribution < 1.29 is 8.42 Å². The highest BCUT2D eigenvalue weighted by Crippen LogP contribution is 2.28. The number of anilines is 2. The van der Waals surface area contributed by atoms with Crippen LogP contribution in [0.5, 0.6) is 0 Å². The molecule has 4 aromatic rings. The molecule has 0 radical (unpaired) electrons. The molecule has 154 valence electrons. The smallest absolute Gasteiger partial charge is 0.180 e. The first-order valence-electron chi connectivity index (χ1n) is 9.52. The number of fused-ring (bicyclic) bond motifs is 2. The van der Waals surface area contributed by atoms with Gasteiger partial charge in [0.25, 0.3) is 0 Å². The minimum Gasteiger partial charge on any atom is -0.399 e. The lowest BCUT2D eigenvalue weighted by atomic mass is 10.1. The lowest BCUT2D eigenvalue weighted by molar-refractivity contribution is 0.581. The van der Waals surface area contributed by atoms with Gasteiger partial charge in [0.1, 0.15) is 5.88 Å². The number of nitrogens with two attached hydrogens (primary N) is 1. The van der Waals surface area contributed by atoms with Crippen LogP contribution in [0.2, 0.25) is 0 Å². The summed E-state index contributed by atoms with van der Waals surface area (Å²) in [6, 6.07) is 6.28. The van der Waals surface area contributed by atoms with Gasteiger partial charge in [-0.15, -0.1) is 0 Å². The van der Waals surface area contributed by atoms with Crippen LogP contribution >= 0.6 is 0 Å². The van der Waals surface area contributed by atoms with Crippen molar-refractivity contribution in [1.29, 1.82) is 0 Å². The zero-order valence-corrected chi connectivity index (χ0v) is 17.2. The quantitative estimate of drug-likeness (QED) is 0.469. The Bertz CT molecular complexity index is 1360. The van der Waals surface area contributed by atoms with E-state index in [4.69, 9.17) is 5.73 Å². The van der Waals surface area contributed by atoms with Gasteiger partial charge in [0, 0.05) is 42.1 Å². The Labute approximate surface area is 173 Å². The minimum absolute atomic E-state index is 0.162. The molecule has 1 unspecified atom stereocenters. The number of nitrogens with zero attached hydrogens (tertiary/aromatic N) is 5. The molecule has 3 heterocycles. The molecule has 0 saturated heterocycles. The van der Waals surface area contributed by atoms with Crippen LogP contribution in [0.15, 0.2) is 49.2 Å². The molecule has 10 heteroatoms. The fourth-order valence-electron chi connectivity index (χ4n) is 3.97. The van der Waals surface area contributed by atoms with Gasteiger partial charge in [-0.05, 0) is 36.1 Å². The Hall–Kier alpha value is -3.40. The van der Waals surface area contributed by atoms with Gasteiger partial charge in [0.05, 0.1) is 18.1 Å². The number of aromatic nitrogens is 5. The first-order valence-corrected chi connectivity index (χ1v) is 11.6. The van der Waals surface area contributed by atoms with Crippen LogP contribution in [0, 0.1) is 0 Å². The first kappa shape index (κ1) is 18.6. The molecule has 1 atom stereocenters. The molecule has 0 amide bonds. The number of imidazole rings is 1. The van der Waals surface area contributed by atoms with E-state index < -0.39 is 9.84 Å². The van der Waals surface area contributed by atoms with Gasteiger partial charge in [-0.3, -0.25) is 9.08 Å². The summed E-state index contributed by atoms with van der Waals surface area (Å²) in [4.78, 5) is 9.04. The van der Waals surface area contributed by atoms with Gasteiger partial charge in [-0.1, -0.05) is 6.07 Å². The van der Waals surface area contributed by atoms with Gasteiger partial charge >= 0.3 is 0 Å². The maximum atomic E-state index is 11.5. The first-order chi connectivity index (χ1) is 14.4. The standard InChI is InChI=1S/C20H21N7O2S/c1-30(28,29)12-26-11-15(9-24-26)18-10-23-20-19(22-4-5-27(18)20)25-17-7-13-2-3-16(21)6-14(13)8-17/h2-6,9-11,17H,7-8,12,21H2,1H3,(H,22,25). The highest BCUT2D eigenvalue weighted by atomic mass is 32.2. The van der Waals surface area contributed by atoms with Crippen LogP contribution in [0.1, 0.15) is 11.1 Å². The normalized spacial score (nSPS) is 16.1. The summed E-state index contributed by atoms with van der Waals surface area (Å²) in [7, 11) is -3.17. The molecule has 0 fully saturated rings. The monoisotopic (exact) mass is 423 g/mol. The summed E-state index contributed by atoms with van der Waals surface area (Å²) >= 11 is 0. The van der Waals surface area contributed by atoms with Crippen molar-refractivity contribution in [2.45, 2.75) is 24.8 Å². The predicted octanol–water partition coefficient (Wildman–Crippen LogP) is 1.76. The molecule has 1 aliphatic rings. The van der Waals surface area contributed by atoms with Crippen molar-refractivity contribution >= 4 is 27.0 Å². The van der Waals surface area contributed by atoms with E-state index in [1.54, 1.807) is 24.8 Å². The maximum Gasteiger partial charge on any atom is 0.180 e. The van der Waals surface area contributed by atoms with Crippen molar-refractivity contribution in [2.24, 2.45) is 0 Å². The molecule has 0 saturated carbocycles. The van der Waals surface area contributed by atoms with E-state index in [-0.39, 0.29) is 11.9 Å². The fraction of sp³-hybridized carbons (Fsp3) is 0.250. The van der Waals surface area contributed by atoms with Gasteiger partial charge in [-0.2, -0.15) is 5.10 Å². The number of hydrogen-bond acceptors (Lipinski definition) is 7. The third kappa shape index (κ3) is 3.50. The SMILES string of the molecule is CS(=O)(=O)Cn1cc(-c2cnc3c(NC4Cc5ccc(N)cc5C4)nccn23)cn1. The van der Waals surface area contributed by atoms with E-state index in [2.05, 4.69) is 26.4 Å². The Balaban J connectivity index is 1.42. The summed E-state index contributed by atoms with van der Waals surface area (Å²) in [5.41, 5.74) is 11.6. The third-order valence-electron chi connectivity index (χ3n) is 5.23. The molecule has 3 N–H and O–H groups in total. The van der Waals surface area contributed by atoms with Gasteiger partial charge in [-0.25, -0.2) is 18.4 Å². The van der Waals surface area contributed by atoms with Crippen LogP contribution in [0.25, 0.3) is 16.9 Å². The summed E-state index contributed by atoms with van der Waals surface area (Å²) in [5, 5.41) is 7.67. The number of sulfone groups is 1. The number of hydrogen-bond donors (Lipinski definition) is 2. The summed E-state index contributed by atoms with van der Waals surface area (Å²) in [5.74, 6) is 0.545. The van der Waals surface area contributed by atoms with Gasteiger partial charge < -0.3 is 11.1 Å². The van der Waals surface area contributed by atoms with Crippen LogP contribution in [-0.2, 0) is 28.6 Å². The molecular weight excluding hydrogens is 402 g/mol. The zero-order valence-electron chi connectivity index (χ0n) is 16.4. The molecule has 0 bridgehead atoms. The van der Waals surface area contributed by atoms with Crippen LogP contribution < -0.4 is 11.1 Å². The Morgan fingerprint density at radius 3 is 2.87 bits per heavy atom. The average Bonchev–Trinajstić information content (AvgIpc) is 3.38. The van der Waals surface area contributed by atoms with Gasteiger partial charge in [0.2, 0.25) is 0 Å². The summed E-state index contributed by atoms with van der Waals surface area (Å²) in [6.45, 7) is 0. The maximum absolute atomic E-state index is 11.5. The molecule has 5 rings (SSSR count). The third-order valence-corrected chi connectivity index (χ3v) is 5.96. The number of nitrogens with one attached hydrogen (secondary N) is 1. The van der Waals surface area contributed by atoms with E-state index in [0.717, 1.165) is 29.8 Å². The molecule has 3 aromatic heterocycles. The second kappa shape index (κ2) is 6.84. The second-order valence-corrected chi connectivity index (χ2v) is 9.82. The van der Waals surface area contributed by atoms with Crippen molar-refractivity contribution in [3.63, 3.8) is 0 Å². The second-order valence-electron chi connectivity index (χ2n) is 7.71. The topological polar surface area (TPSA) is 120 Å². The molecule has 0 spiro atoms. The Morgan fingerprint density at radius 2 is 2.03 bits per heavy atom. The van der Waals surface area contributed by atoms with Crippen LogP contribution in [0.4, 0.5) is 11.5 Å². The van der Waals surface area contributed by atoms with Gasteiger partial charge in [0.15, 0.2) is 21.3 Å². The largest absolute Gasteiger partial charge is 0.399 e. The zero-order chi connectivity index (χ0) is 20.9. The molecule has 1 aliphatic carbocycles. The summed E-state index contributed by atoms with van der Waals surface area (Å²) in [6.07, 6.45) is 11.6. The molecule has 9 nitrogen and oxygen atoms in total. The van der Waals surface area contributed by atoms with Crippen molar-refractivity contribution in [3.8, 4) is 11.3 Å². The lowest BCUT2D eigenvalue weighted by Gasteiger charge is -2.13. The molecular formula is C20H21N7O2S. The van der Waals surface area contributed by atoms with Crippen LogP contribution in [-0.4, -0.2) is 44.9 Å². The number of rotatable bonds is 5. The Kier molecular flexibility index (Phi) is 4.24. The number of nitrogen functional groups attached to an aromatic ring is 1. The number of benzene rings is 1. The van der Waals surface area contributed by atoms with E-state index in [9.17, 15) is 8.42 Å². The molecule has 0 aliphatic heterocycles. The molecule has 30 heavy (non-hydrogen) atoms. The van der Waals surface area contributed by atoms with E-state index in [0.29, 0.717) is 11.5 Å². The van der Waals surface area contributed by atoms with E-state index >= 15 is 0 Å². The van der Waals surface area contributed by atoms with Crippen molar-refractivity contribution in [2.75, 3.05) is 17.3 Å². The van der Waals surface area contributed by atoms with E-state index in [1.807, 2.05) is 22.7 Å². The highest BCUT2D eigenvalue weighted by Gasteiger charge is 2.23. The molecule has 1 aromatic carbocycles. The summed E-state index contributed by atoms with van der Waals surface area (Å²) < 4.78 is 26.4.